The first-order valence-electron chi connectivity index (χ1n) is 11.4. The highest BCUT2D eigenvalue weighted by molar-refractivity contribution is 7.89. The first-order chi connectivity index (χ1) is 15.8. The van der Waals surface area contributed by atoms with Crippen molar-refractivity contribution in [1.29, 1.82) is 0 Å². The quantitative estimate of drug-likeness (QED) is 0.409. The van der Waals surface area contributed by atoms with Crippen molar-refractivity contribution < 1.29 is 18.1 Å². The molecule has 0 atom stereocenters. The van der Waals surface area contributed by atoms with Gasteiger partial charge in [-0.3, -0.25) is 14.9 Å². The Hall–Kier alpha value is -2.72. The number of nitrogens with zero attached hydrogens (tertiary/aromatic N) is 4. The number of carbonyl (C=O) groups is 1. The van der Waals surface area contributed by atoms with E-state index in [1.165, 1.54) is 28.6 Å². The first kappa shape index (κ1) is 23.4. The topological polar surface area (TPSA) is 106 Å². The van der Waals surface area contributed by atoms with Gasteiger partial charge in [0.25, 0.3) is 5.69 Å². The van der Waals surface area contributed by atoms with Crippen molar-refractivity contribution in [1.82, 2.24) is 13.8 Å². The molecule has 2 aromatic rings. The fraction of sp³-hybridized carbons (Fsp3) is 0.522. The molecule has 0 aliphatic heterocycles. The van der Waals surface area contributed by atoms with Crippen LogP contribution in [0.4, 0.5) is 5.69 Å². The van der Waals surface area contributed by atoms with E-state index in [4.69, 9.17) is 0 Å². The molecule has 2 fully saturated rings. The van der Waals surface area contributed by atoms with Crippen molar-refractivity contribution in [3.63, 3.8) is 0 Å². The zero-order valence-electron chi connectivity index (χ0n) is 18.8. The minimum Gasteiger partial charge on any atom is -0.353 e. The number of aryl methyl sites for hydroxylation is 1. The maximum atomic E-state index is 13.6. The van der Waals surface area contributed by atoms with Gasteiger partial charge in [-0.25, -0.2) is 8.42 Å². The number of non-ortho nitro benzene ring substituents is 1. The molecule has 1 aromatic carbocycles. The van der Waals surface area contributed by atoms with Crippen molar-refractivity contribution in [3.05, 3.63) is 58.4 Å². The Bertz CT molecular complexity index is 1100. The van der Waals surface area contributed by atoms with Crippen LogP contribution in [0.5, 0.6) is 0 Å². The van der Waals surface area contributed by atoms with Crippen LogP contribution >= 0.6 is 0 Å². The summed E-state index contributed by atoms with van der Waals surface area (Å²) in [7, 11) is -2.06. The average Bonchev–Trinajstić information content (AvgIpc) is 3.57. The highest BCUT2D eigenvalue weighted by Gasteiger charge is 2.38. The molecule has 2 aliphatic rings. The fourth-order valence-corrected chi connectivity index (χ4v) is 6.16. The van der Waals surface area contributed by atoms with Crippen molar-refractivity contribution in [3.8, 4) is 0 Å². The smallest absolute Gasteiger partial charge is 0.269 e. The molecule has 10 heteroatoms. The van der Waals surface area contributed by atoms with Crippen LogP contribution in [0.1, 0.15) is 50.6 Å². The summed E-state index contributed by atoms with van der Waals surface area (Å²) in [4.78, 5) is 25.7. The van der Waals surface area contributed by atoms with E-state index in [0.29, 0.717) is 19.4 Å². The van der Waals surface area contributed by atoms with E-state index in [1.807, 2.05) is 29.9 Å². The first-order valence-corrected chi connectivity index (χ1v) is 12.9. The van der Waals surface area contributed by atoms with Crippen LogP contribution < -0.4 is 0 Å². The molecule has 0 radical (unpaired) electrons. The highest BCUT2D eigenvalue weighted by atomic mass is 32.2. The number of nitro groups is 1. The summed E-state index contributed by atoms with van der Waals surface area (Å²) in [5.74, 6) is -0.199. The number of hydrogen-bond acceptors (Lipinski definition) is 5. The molecule has 33 heavy (non-hydrogen) atoms. The lowest BCUT2D eigenvalue weighted by Crippen LogP contribution is -2.48. The Balaban J connectivity index is 1.60. The third-order valence-electron chi connectivity index (χ3n) is 6.62. The molecule has 178 valence electrons. The summed E-state index contributed by atoms with van der Waals surface area (Å²) < 4.78 is 30.5. The number of nitro benzene ring substituents is 1. The van der Waals surface area contributed by atoms with Gasteiger partial charge >= 0.3 is 0 Å². The average molecular weight is 475 g/mol. The third kappa shape index (κ3) is 5.27. The summed E-state index contributed by atoms with van der Waals surface area (Å²) in [5.41, 5.74) is 0.828. The van der Waals surface area contributed by atoms with Gasteiger partial charge in [0, 0.05) is 43.2 Å². The third-order valence-corrected chi connectivity index (χ3v) is 8.53. The molecule has 1 aromatic heterocycles. The molecule has 0 bridgehead atoms. The van der Waals surface area contributed by atoms with Crippen LogP contribution in [0, 0.1) is 10.1 Å². The number of sulfonamides is 1. The molecule has 2 aliphatic carbocycles. The monoisotopic (exact) mass is 474 g/mol. The van der Waals surface area contributed by atoms with Crippen LogP contribution in [-0.4, -0.2) is 51.6 Å². The Morgan fingerprint density at radius 3 is 2.27 bits per heavy atom. The predicted molar refractivity (Wildman–Crippen MR) is 123 cm³/mol. The van der Waals surface area contributed by atoms with Gasteiger partial charge in [0.1, 0.15) is 0 Å². The summed E-state index contributed by atoms with van der Waals surface area (Å²) >= 11 is 0. The van der Waals surface area contributed by atoms with Gasteiger partial charge in [-0.05, 0) is 49.9 Å². The number of hydrogen-bond donors (Lipinski definition) is 0. The lowest BCUT2D eigenvalue weighted by molar-refractivity contribution is -0.384. The van der Waals surface area contributed by atoms with E-state index in [2.05, 4.69) is 0 Å². The minimum atomic E-state index is -3.99. The van der Waals surface area contributed by atoms with Gasteiger partial charge in [-0.2, -0.15) is 4.31 Å². The van der Waals surface area contributed by atoms with E-state index in [9.17, 15) is 23.3 Å². The molecule has 1 heterocycles. The van der Waals surface area contributed by atoms with E-state index in [0.717, 1.165) is 37.8 Å². The van der Waals surface area contributed by atoms with Crippen molar-refractivity contribution in [2.24, 2.45) is 7.05 Å². The number of rotatable bonds is 9. The number of benzene rings is 1. The summed E-state index contributed by atoms with van der Waals surface area (Å²) in [6.07, 6.45) is 8.09. The molecule has 1 amide bonds. The molecule has 0 N–H and O–H groups in total. The maximum absolute atomic E-state index is 13.6. The van der Waals surface area contributed by atoms with E-state index < -0.39 is 14.9 Å². The molecule has 9 nitrogen and oxygen atoms in total. The van der Waals surface area contributed by atoms with Crippen LogP contribution in [-0.2, 0) is 28.4 Å². The summed E-state index contributed by atoms with van der Waals surface area (Å²) in [6, 6.07) is 8.70. The number of aromatic nitrogens is 1. The fourth-order valence-electron chi connectivity index (χ4n) is 4.52. The second-order valence-corrected chi connectivity index (χ2v) is 10.8. The van der Waals surface area contributed by atoms with Crippen molar-refractivity contribution >= 4 is 21.6 Å². The predicted octanol–water partition coefficient (Wildman–Crippen LogP) is 3.45. The lowest BCUT2D eigenvalue weighted by Gasteiger charge is -2.34. The van der Waals surface area contributed by atoms with Gasteiger partial charge in [0.05, 0.1) is 22.9 Å². The second kappa shape index (κ2) is 9.64. The van der Waals surface area contributed by atoms with Crippen molar-refractivity contribution in [2.45, 2.75) is 68.5 Å². The largest absolute Gasteiger partial charge is 0.353 e. The Labute approximate surface area is 194 Å². The minimum absolute atomic E-state index is 0.0214. The van der Waals surface area contributed by atoms with E-state index in [-0.39, 0.29) is 35.1 Å². The molecule has 0 saturated heterocycles. The zero-order valence-corrected chi connectivity index (χ0v) is 19.6. The molecular weight excluding hydrogens is 444 g/mol. The molecule has 0 unspecified atom stereocenters. The lowest BCUT2D eigenvalue weighted by atomic mass is 9.95. The second-order valence-electron chi connectivity index (χ2n) is 8.96. The highest BCUT2D eigenvalue weighted by Crippen LogP contribution is 2.32. The van der Waals surface area contributed by atoms with E-state index in [1.54, 1.807) is 4.90 Å². The van der Waals surface area contributed by atoms with Crippen LogP contribution in [0.25, 0.3) is 0 Å². The number of carbonyl (C=O) groups excluding carboxylic acids is 1. The zero-order chi connectivity index (χ0) is 23.6. The van der Waals surface area contributed by atoms with E-state index >= 15 is 0 Å². The van der Waals surface area contributed by atoms with Gasteiger partial charge in [-0.15, -0.1) is 0 Å². The Morgan fingerprint density at radius 1 is 1.06 bits per heavy atom. The van der Waals surface area contributed by atoms with Crippen LogP contribution in [0.3, 0.4) is 0 Å². The van der Waals surface area contributed by atoms with Gasteiger partial charge < -0.3 is 9.47 Å². The molecule has 4 rings (SSSR count). The Kier molecular flexibility index (Phi) is 6.85. The van der Waals surface area contributed by atoms with Crippen LogP contribution in [0.15, 0.2) is 47.5 Å². The van der Waals surface area contributed by atoms with Gasteiger partial charge in [0.15, 0.2) is 0 Å². The normalized spacial score (nSPS) is 17.3. The summed E-state index contributed by atoms with van der Waals surface area (Å²) in [5, 5.41) is 11.0. The SMILES string of the molecule is Cn1cccc1CN(C(=O)CN(C1CCCCC1)S(=O)(=O)c1ccc([N+](=O)[O-])cc1)C1CC1. The molecular formula is C23H30N4O5S. The van der Waals surface area contributed by atoms with Crippen molar-refractivity contribution in [2.75, 3.05) is 6.54 Å². The molecule has 2 saturated carbocycles. The standard InChI is InChI=1S/C23H30N4O5S/c1-24-15-5-8-21(24)16-25(18-9-10-18)23(28)17-26(19-6-3-2-4-7-19)33(31,32)22-13-11-20(12-14-22)27(29)30/h5,8,11-15,18-19H,2-4,6-7,9-10,16-17H2,1H3. The Morgan fingerprint density at radius 2 is 1.73 bits per heavy atom. The van der Waals surface area contributed by atoms with Gasteiger partial charge in [0.2, 0.25) is 15.9 Å². The maximum Gasteiger partial charge on any atom is 0.269 e. The summed E-state index contributed by atoms with van der Waals surface area (Å²) in [6.45, 7) is 0.230. The number of amides is 1. The molecule has 0 spiro atoms. The van der Waals surface area contributed by atoms with Gasteiger partial charge in [-0.1, -0.05) is 19.3 Å². The van der Waals surface area contributed by atoms with Crippen LogP contribution in [0.2, 0.25) is 0 Å².